The van der Waals surface area contributed by atoms with E-state index < -0.39 is 17.7 Å². The minimum absolute atomic E-state index is 0.0191. The lowest BCUT2D eigenvalue weighted by molar-refractivity contribution is -0.141. The molecule has 0 radical (unpaired) electrons. The summed E-state index contributed by atoms with van der Waals surface area (Å²) in [6.45, 7) is 3.83. The van der Waals surface area contributed by atoms with Gasteiger partial charge in [0.25, 0.3) is 11.7 Å². The SMILES string of the molecule is CC(C)Oc1cccc(/C(O)=C2/C(=O)C(=O)N(C3CCCC3)C2c2ccccn2)c1. The Labute approximate surface area is 176 Å². The van der Waals surface area contributed by atoms with Gasteiger partial charge in [-0.2, -0.15) is 0 Å². The zero-order valence-corrected chi connectivity index (χ0v) is 17.2. The van der Waals surface area contributed by atoms with Gasteiger partial charge in [-0.3, -0.25) is 14.6 Å². The third kappa shape index (κ3) is 3.70. The van der Waals surface area contributed by atoms with Crippen LogP contribution < -0.4 is 4.74 Å². The van der Waals surface area contributed by atoms with Gasteiger partial charge in [0.2, 0.25) is 0 Å². The first-order chi connectivity index (χ1) is 14.5. The third-order valence-corrected chi connectivity index (χ3v) is 5.65. The Bertz CT molecular complexity index is 978. The maximum absolute atomic E-state index is 13.1. The van der Waals surface area contributed by atoms with Crippen LogP contribution in [0, 0.1) is 0 Å². The molecule has 6 heteroatoms. The van der Waals surface area contributed by atoms with Gasteiger partial charge < -0.3 is 14.7 Å². The van der Waals surface area contributed by atoms with E-state index in [9.17, 15) is 14.7 Å². The van der Waals surface area contributed by atoms with E-state index in [4.69, 9.17) is 4.74 Å². The number of carbonyl (C=O) groups excluding carboxylic acids is 2. The van der Waals surface area contributed by atoms with E-state index >= 15 is 0 Å². The molecule has 1 aromatic heterocycles. The fourth-order valence-corrected chi connectivity index (χ4v) is 4.38. The number of aliphatic hydroxyl groups is 1. The maximum Gasteiger partial charge on any atom is 0.295 e. The van der Waals surface area contributed by atoms with Crippen LogP contribution in [-0.2, 0) is 9.59 Å². The Morgan fingerprint density at radius 2 is 1.90 bits per heavy atom. The fourth-order valence-electron chi connectivity index (χ4n) is 4.38. The van der Waals surface area contributed by atoms with Crippen molar-refractivity contribution in [3.05, 3.63) is 65.5 Å². The Kier molecular flexibility index (Phi) is 5.57. The number of nitrogens with zero attached hydrogens (tertiary/aromatic N) is 2. The van der Waals surface area contributed by atoms with E-state index in [1.165, 1.54) is 0 Å². The molecule has 6 nitrogen and oxygen atoms in total. The number of amides is 1. The monoisotopic (exact) mass is 406 g/mol. The number of ketones is 1. The van der Waals surface area contributed by atoms with Gasteiger partial charge in [0.15, 0.2) is 0 Å². The van der Waals surface area contributed by atoms with Gasteiger partial charge in [-0.1, -0.05) is 31.0 Å². The van der Waals surface area contributed by atoms with Crippen molar-refractivity contribution in [2.45, 2.75) is 57.7 Å². The summed E-state index contributed by atoms with van der Waals surface area (Å²) in [7, 11) is 0. The van der Waals surface area contributed by atoms with E-state index in [0.717, 1.165) is 25.7 Å². The minimum atomic E-state index is -0.691. The highest BCUT2D eigenvalue weighted by Crippen LogP contribution is 2.42. The zero-order chi connectivity index (χ0) is 21.3. The normalized spacial score (nSPS) is 21.6. The van der Waals surface area contributed by atoms with Crippen LogP contribution in [0.5, 0.6) is 5.75 Å². The lowest BCUT2D eigenvalue weighted by Crippen LogP contribution is -2.37. The van der Waals surface area contributed by atoms with E-state index in [1.54, 1.807) is 47.5 Å². The molecular formula is C24H26N2O4. The number of rotatable bonds is 5. The van der Waals surface area contributed by atoms with E-state index in [2.05, 4.69) is 4.98 Å². The molecule has 156 valence electrons. The summed E-state index contributed by atoms with van der Waals surface area (Å²) in [5.41, 5.74) is 1.12. The van der Waals surface area contributed by atoms with E-state index in [1.807, 2.05) is 19.9 Å². The Hall–Kier alpha value is -3.15. The number of aromatic nitrogens is 1. The highest BCUT2D eigenvalue weighted by atomic mass is 16.5. The number of pyridine rings is 1. The standard InChI is InChI=1S/C24H26N2O4/c1-15(2)30-18-11-7-8-16(14-18)22(27)20-21(19-12-5-6-13-25-19)26(24(29)23(20)28)17-9-3-4-10-17/h5-8,11-15,17,21,27H,3-4,9-10H2,1-2H3/b22-20-. The van der Waals surface area contributed by atoms with Crippen molar-refractivity contribution in [1.82, 2.24) is 9.88 Å². The molecule has 30 heavy (non-hydrogen) atoms. The number of hydrogen-bond acceptors (Lipinski definition) is 5. The molecule has 1 amide bonds. The number of aliphatic hydroxyl groups excluding tert-OH is 1. The van der Waals surface area contributed by atoms with Gasteiger partial charge in [-0.05, 0) is 51.0 Å². The quantitative estimate of drug-likeness (QED) is 0.457. The molecule has 1 N–H and O–H groups in total. The van der Waals surface area contributed by atoms with Gasteiger partial charge in [-0.25, -0.2) is 0 Å². The molecule has 1 saturated heterocycles. The average molecular weight is 406 g/mol. The number of hydrogen-bond donors (Lipinski definition) is 1. The second kappa shape index (κ2) is 8.30. The second-order valence-electron chi connectivity index (χ2n) is 8.09. The molecule has 1 unspecified atom stereocenters. The molecular weight excluding hydrogens is 380 g/mol. The first-order valence-corrected chi connectivity index (χ1v) is 10.5. The highest BCUT2D eigenvalue weighted by molar-refractivity contribution is 6.46. The summed E-state index contributed by atoms with van der Waals surface area (Å²) in [6, 6.07) is 11.7. The molecule has 1 saturated carbocycles. The Balaban J connectivity index is 1.83. The van der Waals surface area contributed by atoms with Crippen LogP contribution in [0.25, 0.3) is 5.76 Å². The average Bonchev–Trinajstić information content (AvgIpc) is 3.35. The smallest absolute Gasteiger partial charge is 0.295 e. The van der Waals surface area contributed by atoms with Crippen LogP contribution in [0.15, 0.2) is 54.2 Å². The molecule has 2 aromatic rings. The first-order valence-electron chi connectivity index (χ1n) is 10.5. The van der Waals surface area contributed by atoms with E-state index in [0.29, 0.717) is 17.0 Å². The van der Waals surface area contributed by atoms with Crippen molar-refractivity contribution in [3.8, 4) is 5.75 Å². The van der Waals surface area contributed by atoms with Gasteiger partial charge in [0, 0.05) is 17.8 Å². The molecule has 2 heterocycles. The van der Waals surface area contributed by atoms with Crippen LogP contribution in [0.1, 0.15) is 56.8 Å². The van der Waals surface area contributed by atoms with Crippen LogP contribution >= 0.6 is 0 Å². The predicted molar refractivity (Wildman–Crippen MR) is 113 cm³/mol. The summed E-state index contributed by atoms with van der Waals surface area (Å²) < 4.78 is 5.72. The number of likely N-dealkylation sites (tertiary alicyclic amines) is 1. The molecule has 1 aliphatic heterocycles. The van der Waals surface area contributed by atoms with Crippen LogP contribution in [0.4, 0.5) is 0 Å². The second-order valence-corrected chi connectivity index (χ2v) is 8.09. The number of Topliss-reactive ketones (excluding diaryl/α,β-unsaturated/α-hetero) is 1. The molecule has 1 aromatic carbocycles. The van der Waals surface area contributed by atoms with Crippen molar-refractivity contribution in [1.29, 1.82) is 0 Å². The van der Waals surface area contributed by atoms with Gasteiger partial charge in [0.05, 0.1) is 17.4 Å². The third-order valence-electron chi connectivity index (χ3n) is 5.65. The van der Waals surface area contributed by atoms with Crippen molar-refractivity contribution < 1.29 is 19.4 Å². The minimum Gasteiger partial charge on any atom is -0.507 e. The van der Waals surface area contributed by atoms with Crippen molar-refractivity contribution in [2.24, 2.45) is 0 Å². The van der Waals surface area contributed by atoms with Crippen molar-refractivity contribution in [2.75, 3.05) is 0 Å². The summed E-state index contributed by atoms with van der Waals surface area (Å²) in [5.74, 6) is -0.828. The maximum atomic E-state index is 13.1. The van der Waals surface area contributed by atoms with Crippen LogP contribution in [-0.4, -0.2) is 38.8 Å². The molecule has 1 aliphatic carbocycles. The summed E-state index contributed by atoms with van der Waals surface area (Å²) in [4.78, 5) is 32.1. The summed E-state index contributed by atoms with van der Waals surface area (Å²) >= 11 is 0. The highest BCUT2D eigenvalue weighted by Gasteiger charge is 2.49. The van der Waals surface area contributed by atoms with Crippen molar-refractivity contribution in [3.63, 3.8) is 0 Å². The molecule has 1 atom stereocenters. The fraction of sp³-hybridized carbons (Fsp3) is 0.375. The Morgan fingerprint density at radius 3 is 2.57 bits per heavy atom. The molecule has 4 rings (SSSR count). The van der Waals surface area contributed by atoms with Crippen LogP contribution in [0.2, 0.25) is 0 Å². The van der Waals surface area contributed by atoms with Gasteiger partial charge in [-0.15, -0.1) is 0 Å². The topological polar surface area (TPSA) is 79.7 Å². The zero-order valence-electron chi connectivity index (χ0n) is 17.2. The lowest BCUT2D eigenvalue weighted by Gasteiger charge is -2.30. The number of carbonyl (C=O) groups is 2. The molecule has 2 fully saturated rings. The van der Waals surface area contributed by atoms with Crippen molar-refractivity contribution >= 4 is 17.4 Å². The largest absolute Gasteiger partial charge is 0.507 e. The van der Waals surface area contributed by atoms with Gasteiger partial charge >= 0.3 is 0 Å². The predicted octanol–water partition coefficient (Wildman–Crippen LogP) is 4.23. The summed E-state index contributed by atoms with van der Waals surface area (Å²) in [6.07, 6.45) is 5.38. The first kappa shape index (κ1) is 20.1. The molecule has 0 bridgehead atoms. The van der Waals surface area contributed by atoms with Crippen LogP contribution in [0.3, 0.4) is 0 Å². The van der Waals surface area contributed by atoms with Gasteiger partial charge in [0.1, 0.15) is 17.6 Å². The molecule has 0 spiro atoms. The Morgan fingerprint density at radius 1 is 1.13 bits per heavy atom. The summed E-state index contributed by atoms with van der Waals surface area (Å²) in [5, 5.41) is 11.2. The molecule has 2 aliphatic rings. The number of ether oxygens (including phenoxy) is 1. The number of benzene rings is 1. The lowest BCUT2D eigenvalue weighted by atomic mass is 9.97. The van der Waals surface area contributed by atoms with E-state index in [-0.39, 0.29) is 23.5 Å².